The lowest BCUT2D eigenvalue weighted by Gasteiger charge is -2.10. The zero-order valence-corrected chi connectivity index (χ0v) is 14.1. The van der Waals surface area contributed by atoms with Crippen LogP contribution in [0.4, 0.5) is 5.69 Å². The molecule has 0 bridgehead atoms. The Morgan fingerprint density at radius 1 is 1.19 bits per heavy atom. The standard InChI is InChI=1S/C16H15BrClNO2/c1-10-8-13(4-5-14(10)18)21-9-16(20)19-15-6-3-12(17)7-11(15)2/h3-8H,9H2,1-2H3,(H,19,20). The monoisotopic (exact) mass is 367 g/mol. The van der Waals surface area contributed by atoms with Crippen molar-refractivity contribution in [3.05, 3.63) is 57.0 Å². The van der Waals surface area contributed by atoms with Crippen molar-refractivity contribution in [2.75, 3.05) is 11.9 Å². The summed E-state index contributed by atoms with van der Waals surface area (Å²) in [5.74, 6) is 0.424. The van der Waals surface area contributed by atoms with E-state index in [9.17, 15) is 4.79 Å². The van der Waals surface area contributed by atoms with E-state index in [1.807, 2.05) is 32.0 Å². The van der Waals surface area contributed by atoms with Gasteiger partial charge in [-0.05, 0) is 61.4 Å². The largest absolute Gasteiger partial charge is 0.484 e. The molecule has 1 N–H and O–H groups in total. The highest BCUT2D eigenvalue weighted by Crippen LogP contribution is 2.22. The van der Waals surface area contributed by atoms with E-state index in [0.29, 0.717) is 10.8 Å². The first-order valence-electron chi connectivity index (χ1n) is 6.40. The molecule has 0 unspecified atom stereocenters. The third kappa shape index (κ3) is 4.48. The fraction of sp³-hybridized carbons (Fsp3) is 0.188. The third-order valence-electron chi connectivity index (χ3n) is 2.96. The molecular weight excluding hydrogens is 354 g/mol. The van der Waals surface area contributed by atoms with Crippen LogP contribution in [-0.2, 0) is 4.79 Å². The van der Waals surface area contributed by atoms with Crippen molar-refractivity contribution in [3.8, 4) is 5.75 Å². The Balaban J connectivity index is 1.94. The number of ether oxygens (including phenoxy) is 1. The van der Waals surface area contributed by atoms with Gasteiger partial charge < -0.3 is 10.1 Å². The predicted molar refractivity (Wildman–Crippen MR) is 89.2 cm³/mol. The van der Waals surface area contributed by atoms with Gasteiger partial charge in [-0.25, -0.2) is 0 Å². The molecule has 5 heteroatoms. The Labute approximate surface area is 137 Å². The van der Waals surface area contributed by atoms with Crippen molar-refractivity contribution in [3.63, 3.8) is 0 Å². The second-order valence-corrected chi connectivity index (χ2v) is 6.03. The van der Waals surface area contributed by atoms with Crippen LogP contribution < -0.4 is 10.1 Å². The van der Waals surface area contributed by atoms with Crippen molar-refractivity contribution in [1.29, 1.82) is 0 Å². The number of carbonyl (C=O) groups is 1. The number of hydrogen-bond donors (Lipinski definition) is 1. The number of halogens is 2. The number of amides is 1. The summed E-state index contributed by atoms with van der Waals surface area (Å²) in [7, 11) is 0. The molecule has 0 atom stereocenters. The summed E-state index contributed by atoms with van der Waals surface area (Å²) in [6.07, 6.45) is 0. The molecule has 0 heterocycles. The van der Waals surface area contributed by atoms with E-state index in [4.69, 9.17) is 16.3 Å². The minimum absolute atomic E-state index is 0.0451. The molecule has 0 aromatic heterocycles. The van der Waals surface area contributed by atoms with Crippen molar-refractivity contribution in [1.82, 2.24) is 0 Å². The molecule has 3 nitrogen and oxygen atoms in total. The number of aryl methyl sites for hydroxylation is 2. The summed E-state index contributed by atoms with van der Waals surface area (Å²) in [4.78, 5) is 11.9. The van der Waals surface area contributed by atoms with E-state index in [0.717, 1.165) is 21.3 Å². The van der Waals surface area contributed by atoms with Crippen LogP contribution in [0.15, 0.2) is 40.9 Å². The van der Waals surface area contributed by atoms with E-state index < -0.39 is 0 Å². The van der Waals surface area contributed by atoms with E-state index in [2.05, 4.69) is 21.2 Å². The second-order valence-electron chi connectivity index (χ2n) is 4.71. The number of benzene rings is 2. The van der Waals surface area contributed by atoms with Crippen molar-refractivity contribution >= 4 is 39.1 Å². The number of rotatable bonds is 4. The molecular formula is C16H15BrClNO2. The minimum Gasteiger partial charge on any atom is -0.484 e. The molecule has 21 heavy (non-hydrogen) atoms. The summed E-state index contributed by atoms with van der Waals surface area (Å²) in [6, 6.07) is 11.0. The average molecular weight is 369 g/mol. The Kier molecular flexibility index (Phi) is 5.26. The van der Waals surface area contributed by atoms with Crippen LogP contribution in [0.25, 0.3) is 0 Å². The summed E-state index contributed by atoms with van der Waals surface area (Å²) in [5.41, 5.74) is 2.68. The van der Waals surface area contributed by atoms with Gasteiger partial charge in [0, 0.05) is 15.2 Å². The lowest BCUT2D eigenvalue weighted by molar-refractivity contribution is -0.118. The molecule has 0 saturated carbocycles. The smallest absolute Gasteiger partial charge is 0.262 e. The zero-order valence-electron chi connectivity index (χ0n) is 11.7. The van der Waals surface area contributed by atoms with E-state index >= 15 is 0 Å². The maximum Gasteiger partial charge on any atom is 0.262 e. The SMILES string of the molecule is Cc1cc(OCC(=O)Nc2ccc(Br)cc2C)ccc1Cl. The second kappa shape index (κ2) is 6.96. The molecule has 0 aliphatic carbocycles. The lowest BCUT2D eigenvalue weighted by atomic mass is 10.2. The summed E-state index contributed by atoms with van der Waals surface area (Å²) < 4.78 is 6.44. The van der Waals surface area contributed by atoms with Gasteiger partial charge in [0.15, 0.2) is 6.61 Å². The van der Waals surface area contributed by atoms with Crippen LogP contribution in [0, 0.1) is 13.8 Å². The average Bonchev–Trinajstić information content (AvgIpc) is 2.43. The third-order valence-corrected chi connectivity index (χ3v) is 3.88. The van der Waals surface area contributed by atoms with Gasteiger partial charge in [0.2, 0.25) is 0 Å². The van der Waals surface area contributed by atoms with E-state index in [-0.39, 0.29) is 12.5 Å². The topological polar surface area (TPSA) is 38.3 Å². The molecule has 2 rings (SSSR count). The van der Waals surface area contributed by atoms with Crippen LogP contribution in [0.5, 0.6) is 5.75 Å². The Morgan fingerprint density at radius 3 is 2.62 bits per heavy atom. The minimum atomic E-state index is -0.201. The van der Waals surface area contributed by atoms with Gasteiger partial charge in [-0.2, -0.15) is 0 Å². The van der Waals surface area contributed by atoms with Crippen molar-refractivity contribution in [2.24, 2.45) is 0 Å². The van der Waals surface area contributed by atoms with E-state index in [1.54, 1.807) is 18.2 Å². The van der Waals surface area contributed by atoms with Gasteiger partial charge in [-0.1, -0.05) is 27.5 Å². The first-order valence-corrected chi connectivity index (χ1v) is 7.58. The van der Waals surface area contributed by atoms with Crippen molar-refractivity contribution in [2.45, 2.75) is 13.8 Å². The lowest BCUT2D eigenvalue weighted by Crippen LogP contribution is -2.20. The van der Waals surface area contributed by atoms with Crippen LogP contribution in [0.1, 0.15) is 11.1 Å². The molecule has 0 fully saturated rings. The van der Waals surface area contributed by atoms with Crippen LogP contribution in [-0.4, -0.2) is 12.5 Å². The molecule has 0 aliphatic heterocycles. The Bertz CT molecular complexity index is 673. The first kappa shape index (κ1) is 15.9. The fourth-order valence-electron chi connectivity index (χ4n) is 1.81. The number of anilines is 1. The maximum atomic E-state index is 11.9. The van der Waals surface area contributed by atoms with Gasteiger partial charge in [-0.3, -0.25) is 4.79 Å². The van der Waals surface area contributed by atoms with Crippen LogP contribution in [0.3, 0.4) is 0 Å². The van der Waals surface area contributed by atoms with Crippen LogP contribution in [0.2, 0.25) is 5.02 Å². The molecule has 0 saturated heterocycles. The number of carbonyl (C=O) groups excluding carboxylic acids is 1. The first-order chi connectivity index (χ1) is 9.95. The van der Waals surface area contributed by atoms with Gasteiger partial charge in [-0.15, -0.1) is 0 Å². The normalized spacial score (nSPS) is 10.3. The van der Waals surface area contributed by atoms with Gasteiger partial charge in [0.1, 0.15) is 5.75 Å². The Hall–Kier alpha value is -1.52. The summed E-state index contributed by atoms with van der Waals surface area (Å²) in [6.45, 7) is 3.78. The maximum absolute atomic E-state index is 11.9. The van der Waals surface area contributed by atoms with E-state index in [1.165, 1.54) is 0 Å². The molecule has 2 aromatic carbocycles. The zero-order chi connectivity index (χ0) is 15.4. The number of hydrogen-bond acceptors (Lipinski definition) is 2. The molecule has 110 valence electrons. The molecule has 0 spiro atoms. The fourth-order valence-corrected chi connectivity index (χ4v) is 2.40. The summed E-state index contributed by atoms with van der Waals surface area (Å²) >= 11 is 9.33. The quantitative estimate of drug-likeness (QED) is 0.846. The highest BCUT2D eigenvalue weighted by molar-refractivity contribution is 9.10. The predicted octanol–water partition coefficient (Wildman–Crippen LogP) is 4.74. The highest BCUT2D eigenvalue weighted by atomic mass is 79.9. The summed E-state index contributed by atoms with van der Waals surface area (Å²) in [5, 5.41) is 3.50. The van der Waals surface area contributed by atoms with Gasteiger partial charge in [0.25, 0.3) is 5.91 Å². The van der Waals surface area contributed by atoms with Gasteiger partial charge >= 0.3 is 0 Å². The molecule has 0 aliphatic rings. The van der Waals surface area contributed by atoms with Crippen molar-refractivity contribution < 1.29 is 9.53 Å². The van der Waals surface area contributed by atoms with Gasteiger partial charge in [0.05, 0.1) is 0 Å². The Morgan fingerprint density at radius 2 is 1.95 bits per heavy atom. The van der Waals surface area contributed by atoms with Crippen LogP contribution >= 0.6 is 27.5 Å². The number of nitrogens with one attached hydrogen (secondary N) is 1. The molecule has 1 amide bonds. The molecule has 0 radical (unpaired) electrons. The molecule has 2 aromatic rings. The highest BCUT2D eigenvalue weighted by Gasteiger charge is 2.07.